The van der Waals surface area contributed by atoms with E-state index in [2.05, 4.69) is 85.0 Å². The van der Waals surface area contributed by atoms with Gasteiger partial charge in [0.25, 0.3) is 0 Å². The number of benzene rings is 2. The smallest absolute Gasteiger partial charge is 0.139 e. The lowest BCUT2D eigenvalue weighted by Crippen LogP contribution is -2.59. The molecule has 4 heteroatoms. The predicted molar refractivity (Wildman–Crippen MR) is 127 cm³/mol. The molecule has 162 valence electrons. The van der Waals surface area contributed by atoms with Crippen LogP contribution in [0.3, 0.4) is 0 Å². The van der Waals surface area contributed by atoms with Gasteiger partial charge in [-0.25, -0.2) is 0 Å². The average Bonchev–Trinajstić information content (AvgIpc) is 2.78. The number of aryl methyl sites for hydroxylation is 1. The molecule has 0 saturated carbocycles. The number of nitrogens with one attached hydrogen (secondary N) is 1. The molecular formula is C26H36N2OS. The van der Waals surface area contributed by atoms with Crippen molar-refractivity contribution in [2.24, 2.45) is 0 Å². The summed E-state index contributed by atoms with van der Waals surface area (Å²) in [6.45, 7) is 9.56. The maximum Gasteiger partial charge on any atom is 0.139 e. The summed E-state index contributed by atoms with van der Waals surface area (Å²) < 4.78 is 16.6. The third-order valence-corrected chi connectivity index (χ3v) is 9.31. The van der Waals surface area contributed by atoms with E-state index in [1.165, 1.54) is 16.7 Å². The summed E-state index contributed by atoms with van der Waals surface area (Å²) in [4.78, 5) is 2.59. The van der Waals surface area contributed by atoms with E-state index in [4.69, 9.17) is 0 Å². The van der Waals surface area contributed by atoms with Crippen LogP contribution in [0.5, 0.6) is 0 Å². The van der Waals surface area contributed by atoms with Crippen molar-refractivity contribution in [1.29, 1.82) is 0 Å². The molecule has 1 aliphatic heterocycles. The van der Waals surface area contributed by atoms with E-state index < -0.39 is 11.4 Å². The lowest BCUT2D eigenvalue weighted by atomic mass is 9.62. The minimum absolute atomic E-state index is 0.0848. The molecule has 3 nitrogen and oxygen atoms in total. The van der Waals surface area contributed by atoms with Crippen LogP contribution in [0.15, 0.2) is 54.6 Å². The average molecular weight is 425 g/mol. The molecule has 1 spiro atoms. The Kier molecular flexibility index (Phi) is 6.59. The molecular weight excluding hydrogens is 388 g/mol. The van der Waals surface area contributed by atoms with E-state index in [-0.39, 0.29) is 16.2 Å². The molecule has 0 unspecified atom stereocenters. The summed E-state index contributed by atoms with van der Waals surface area (Å²) >= 11 is -1.04. The lowest BCUT2D eigenvalue weighted by Gasteiger charge is -2.50. The van der Waals surface area contributed by atoms with Gasteiger partial charge < -0.3 is 4.55 Å². The minimum Gasteiger partial charge on any atom is -0.598 e. The molecule has 1 N–H and O–H groups in total. The molecule has 0 aromatic heterocycles. The first kappa shape index (κ1) is 21.9. The van der Waals surface area contributed by atoms with Crippen molar-refractivity contribution in [1.82, 2.24) is 9.62 Å². The standard InChI is InChI=1S/C26H36N2OS/c1-4-25(2,3)30(29)27-24-15-14-22-12-8-9-13-23(22)26(24)16-18-28(19-17-26)20-21-10-6-5-7-11-21/h5-13,24,27H,4,14-20H2,1-3H3/t24-,30-/m1/s1. The molecule has 1 heterocycles. The van der Waals surface area contributed by atoms with Crippen LogP contribution >= 0.6 is 0 Å². The van der Waals surface area contributed by atoms with E-state index in [1.54, 1.807) is 0 Å². The van der Waals surface area contributed by atoms with Crippen LogP contribution in [-0.4, -0.2) is 33.3 Å². The Morgan fingerprint density at radius 2 is 1.73 bits per heavy atom. The number of fused-ring (bicyclic) bond motifs is 2. The van der Waals surface area contributed by atoms with Gasteiger partial charge in [-0.05, 0) is 75.7 Å². The normalized spacial score (nSPS) is 22.6. The summed E-state index contributed by atoms with van der Waals surface area (Å²) in [5.41, 5.74) is 4.46. The zero-order valence-electron chi connectivity index (χ0n) is 18.7. The van der Waals surface area contributed by atoms with Gasteiger partial charge in [0.05, 0.1) is 6.04 Å². The number of rotatable bonds is 6. The van der Waals surface area contributed by atoms with E-state index in [1.807, 2.05) is 0 Å². The van der Waals surface area contributed by atoms with Crippen molar-refractivity contribution in [3.63, 3.8) is 0 Å². The Hall–Kier alpha value is -1.33. The summed E-state index contributed by atoms with van der Waals surface area (Å²) in [5, 5.41) is 0. The van der Waals surface area contributed by atoms with Gasteiger partial charge in [0.1, 0.15) is 4.75 Å². The van der Waals surface area contributed by atoms with Gasteiger partial charge in [0.15, 0.2) is 0 Å². The highest BCUT2D eigenvalue weighted by Gasteiger charge is 2.48. The van der Waals surface area contributed by atoms with Crippen LogP contribution in [0, 0.1) is 0 Å². The van der Waals surface area contributed by atoms with Gasteiger partial charge in [0.2, 0.25) is 0 Å². The van der Waals surface area contributed by atoms with Crippen molar-refractivity contribution < 1.29 is 4.55 Å². The Balaban J connectivity index is 1.55. The van der Waals surface area contributed by atoms with E-state index in [0.29, 0.717) is 0 Å². The second kappa shape index (κ2) is 9.04. The summed E-state index contributed by atoms with van der Waals surface area (Å²) in [7, 11) is 0. The Bertz CT molecular complexity index is 830. The van der Waals surface area contributed by atoms with Crippen LogP contribution in [0.1, 0.15) is 63.1 Å². The largest absolute Gasteiger partial charge is 0.598 e. The maximum absolute atomic E-state index is 13.2. The molecule has 4 rings (SSSR count). The van der Waals surface area contributed by atoms with Crippen molar-refractivity contribution in [2.45, 2.75) is 75.6 Å². The number of likely N-dealkylation sites (tertiary alicyclic amines) is 1. The molecule has 2 atom stereocenters. The molecule has 0 amide bonds. The van der Waals surface area contributed by atoms with Gasteiger partial charge in [-0.3, -0.25) is 4.90 Å². The molecule has 0 radical (unpaired) electrons. The maximum atomic E-state index is 13.2. The summed E-state index contributed by atoms with van der Waals surface area (Å²) in [5.74, 6) is 0. The van der Waals surface area contributed by atoms with Gasteiger partial charge in [-0.1, -0.05) is 61.5 Å². The molecule has 1 saturated heterocycles. The minimum atomic E-state index is -1.04. The Labute approximate surface area is 185 Å². The molecule has 30 heavy (non-hydrogen) atoms. The van der Waals surface area contributed by atoms with E-state index in [9.17, 15) is 4.55 Å². The van der Waals surface area contributed by atoms with Gasteiger partial charge in [-0.2, -0.15) is 0 Å². The predicted octanol–water partition coefficient (Wildman–Crippen LogP) is 4.98. The lowest BCUT2D eigenvalue weighted by molar-refractivity contribution is 0.120. The van der Waals surface area contributed by atoms with E-state index >= 15 is 0 Å². The van der Waals surface area contributed by atoms with Gasteiger partial charge in [-0.15, -0.1) is 4.72 Å². The summed E-state index contributed by atoms with van der Waals surface area (Å²) in [6.07, 6.45) is 5.30. The molecule has 2 aromatic carbocycles. The fourth-order valence-electron chi connectivity index (χ4n) is 5.15. The van der Waals surface area contributed by atoms with Gasteiger partial charge in [0, 0.05) is 23.3 Å². The SMILES string of the molecule is CCC(C)(C)[S@@+]([O-])N[C@@H]1CCc2ccccc2C12CCN(Cc1ccccc1)CC2. The molecule has 1 aliphatic carbocycles. The molecule has 2 aromatic rings. The highest BCUT2D eigenvalue weighted by Crippen LogP contribution is 2.45. The zero-order valence-corrected chi connectivity index (χ0v) is 19.5. The zero-order chi connectivity index (χ0) is 21.2. The van der Waals surface area contributed by atoms with E-state index in [0.717, 1.165) is 51.7 Å². The van der Waals surface area contributed by atoms with Crippen LogP contribution < -0.4 is 4.72 Å². The summed E-state index contributed by atoms with van der Waals surface area (Å²) in [6, 6.07) is 20.1. The second-order valence-corrected chi connectivity index (χ2v) is 11.5. The number of piperidine rings is 1. The number of hydrogen-bond acceptors (Lipinski definition) is 3. The molecule has 0 bridgehead atoms. The van der Waals surface area contributed by atoms with Crippen molar-refractivity contribution in [2.75, 3.05) is 13.1 Å². The van der Waals surface area contributed by atoms with Crippen LogP contribution in [0.25, 0.3) is 0 Å². The topological polar surface area (TPSA) is 38.3 Å². The first-order valence-electron chi connectivity index (χ1n) is 11.5. The van der Waals surface area contributed by atoms with Gasteiger partial charge >= 0.3 is 0 Å². The Morgan fingerprint density at radius 3 is 2.43 bits per heavy atom. The van der Waals surface area contributed by atoms with Crippen LogP contribution in [0.4, 0.5) is 0 Å². The molecule has 1 fully saturated rings. The van der Waals surface area contributed by atoms with Crippen LogP contribution in [0.2, 0.25) is 0 Å². The highest BCUT2D eigenvalue weighted by molar-refractivity contribution is 7.90. The number of hydrogen-bond donors (Lipinski definition) is 1. The quantitative estimate of drug-likeness (QED) is 0.665. The fraction of sp³-hybridized carbons (Fsp3) is 0.538. The van der Waals surface area contributed by atoms with Crippen molar-refractivity contribution in [3.05, 3.63) is 71.3 Å². The first-order chi connectivity index (χ1) is 14.4. The molecule has 2 aliphatic rings. The monoisotopic (exact) mass is 424 g/mol. The third-order valence-electron chi connectivity index (χ3n) is 7.52. The third kappa shape index (κ3) is 4.34. The highest BCUT2D eigenvalue weighted by atomic mass is 32.2. The van der Waals surface area contributed by atoms with Crippen LogP contribution in [-0.2, 0) is 29.7 Å². The van der Waals surface area contributed by atoms with Crippen molar-refractivity contribution in [3.8, 4) is 0 Å². The second-order valence-electron chi connectivity index (χ2n) is 9.67. The first-order valence-corrected chi connectivity index (χ1v) is 12.6. The van der Waals surface area contributed by atoms with Crippen molar-refractivity contribution >= 4 is 11.4 Å². The number of nitrogens with zero attached hydrogens (tertiary/aromatic N) is 1. The fourth-order valence-corrected chi connectivity index (χ4v) is 6.33. The Morgan fingerprint density at radius 1 is 1.07 bits per heavy atom.